The van der Waals surface area contributed by atoms with Crippen LogP contribution in [-0.2, 0) is 24.8 Å². The molecule has 0 saturated heterocycles. The molecule has 0 amide bonds. The molecular formula is C21H29ClN2. The molecule has 4 rings (SSSR count). The molecule has 0 bridgehead atoms. The minimum Gasteiger partial charge on any atom is -0.337 e. The number of hydrogen-bond donors (Lipinski definition) is 0. The van der Waals surface area contributed by atoms with Gasteiger partial charge in [-0.3, -0.25) is 0 Å². The van der Waals surface area contributed by atoms with Crippen LogP contribution in [0.15, 0.2) is 36.9 Å². The van der Waals surface area contributed by atoms with E-state index >= 15 is 0 Å². The van der Waals surface area contributed by atoms with Crippen molar-refractivity contribution in [2.45, 2.75) is 70.3 Å². The largest absolute Gasteiger partial charge is 0.337 e. The molecule has 1 aromatic carbocycles. The summed E-state index contributed by atoms with van der Waals surface area (Å²) in [6.07, 6.45) is 16.7. The maximum absolute atomic E-state index is 4.23. The van der Waals surface area contributed by atoms with Gasteiger partial charge < -0.3 is 4.57 Å². The van der Waals surface area contributed by atoms with Crippen molar-refractivity contribution in [1.29, 1.82) is 0 Å². The number of rotatable bonds is 5. The van der Waals surface area contributed by atoms with Gasteiger partial charge in [0, 0.05) is 18.9 Å². The molecule has 130 valence electrons. The van der Waals surface area contributed by atoms with Crippen LogP contribution in [-0.4, -0.2) is 9.55 Å². The topological polar surface area (TPSA) is 17.8 Å². The Morgan fingerprint density at radius 2 is 2.17 bits per heavy atom. The fourth-order valence-electron chi connectivity index (χ4n) is 5.28. The van der Waals surface area contributed by atoms with E-state index in [1.807, 2.05) is 12.5 Å². The normalized spacial score (nSPS) is 25.0. The van der Waals surface area contributed by atoms with Gasteiger partial charge in [0.05, 0.1) is 6.33 Å². The van der Waals surface area contributed by atoms with Gasteiger partial charge >= 0.3 is 0 Å². The average Bonchev–Trinajstić information content (AvgIpc) is 3.06. The molecule has 0 saturated carbocycles. The first-order chi connectivity index (χ1) is 11.3. The summed E-state index contributed by atoms with van der Waals surface area (Å²) in [4.78, 5) is 4.23. The third-order valence-electron chi connectivity index (χ3n) is 6.09. The second kappa shape index (κ2) is 7.31. The standard InChI is InChI=1S/C21H28N2.ClH/c1-2-3-9-21-10-5-8-18-6-4-7-19(20(18)21)13-17(14-21)15-23-12-11-22-16-23;/h4,6-7,11-12,16-17H,2-3,5,8-10,13-15H2,1H3;1H. The van der Waals surface area contributed by atoms with Gasteiger partial charge in [-0.25, -0.2) is 4.98 Å². The van der Waals surface area contributed by atoms with Gasteiger partial charge in [0.15, 0.2) is 0 Å². The van der Waals surface area contributed by atoms with Gasteiger partial charge in [0.1, 0.15) is 0 Å². The van der Waals surface area contributed by atoms with Crippen LogP contribution < -0.4 is 0 Å². The zero-order valence-corrected chi connectivity index (χ0v) is 15.5. The molecule has 2 aliphatic rings. The van der Waals surface area contributed by atoms with E-state index in [1.165, 1.54) is 51.4 Å². The number of imidazole rings is 1. The number of nitrogens with zero attached hydrogens (tertiary/aromatic N) is 2. The first kappa shape index (κ1) is 17.5. The molecule has 3 heteroatoms. The van der Waals surface area contributed by atoms with Crippen molar-refractivity contribution in [1.82, 2.24) is 9.55 Å². The Kier molecular flexibility index (Phi) is 5.34. The van der Waals surface area contributed by atoms with E-state index < -0.39 is 0 Å². The van der Waals surface area contributed by atoms with Crippen LogP contribution in [0, 0.1) is 5.92 Å². The zero-order chi connectivity index (χ0) is 15.7. The van der Waals surface area contributed by atoms with Crippen LogP contribution in [0.1, 0.15) is 62.1 Å². The molecule has 2 aromatic rings. The second-order valence-corrected chi connectivity index (χ2v) is 7.72. The van der Waals surface area contributed by atoms with Crippen LogP contribution in [0.4, 0.5) is 0 Å². The van der Waals surface area contributed by atoms with E-state index in [0.717, 1.165) is 12.5 Å². The summed E-state index contributed by atoms with van der Waals surface area (Å²) >= 11 is 0. The number of unbranched alkanes of at least 4 members (excludes halogenated alkanes) is 1. The van der Waals surface area contributed by atoms with Crippen LogP contribution in [0.2, 0.25) is 0 Å². The molecule has 1 heterocycles. The van der Waals surface area contributed by atoms with Crippen molar-refractivity contribution in [2.75, 3.05) is 0 Å². The minimum absolute atomic E-state index is 0. The summed E-state index contributed by atoms with van der Waals surface area (Å²) in [6.45, 7) is 3.45. The van der Waals surface area contributed by atoms with Gasteiger partial charge in [0.25, 0.3) is 0 Å². The summed E-state index contributed by atoms with van der Waals surface area (Å²) in [5, 5.41) is 0. The molecule has 0 spiro atoms. The Morgan fingerprint density at radius 1 is 1.29 bits per heavy atom. The summed E-state index contributed by atoms with van der Waals surface area (Å²) in [6, 6.07) is 7.10. The van der Waals surface area contributed by atoms with E-state index in [2.05, 4.69) is 40.9 Å². The Hall–Kier alpha value is -1.28. The van der Waals surface area contributed by atoms with E-state index in [-0.39, 0.29) is 12.4 Å². The Bertz CT molecular complexity index is 664. The van der Waals surface area contributed by atoms with Gasteiger partial charge in [-0.1, -0.05) is 38.0 Å². The Balaban J connectivity index is 0.00000169. The predicted octanol–water partition coefficient (Wildman–Crippen LogP) is 5.33. The number of hydrogen-bond acceptors (Lipinski definition) is 1. The summed E-state index contributed by atoms with van der Waals surface area (Å²) in [5.41, 5.74) is 5.53. The lowest BCUT2D eigenvalue weighted by Gasteiger charge is -2.47. The molecule has 0 fully saturated rings. The monoisotopic (exact) mass is 344 g/mol. The van der Waals surface area contributed by atoms with Crippen molar-refractivity contribution in [3.8, 4) is 0 Å². The minimum atomic E-state index is 0. The van der Waals surface area contributed by atoms with E-state index in [0.29, 0.717) is 5.41 Å². The van der Waals surface area contributed by atoms with Crippen LogP contribution in [0.25, 0.3) is 0 Å². The van der Waals surface area contributed by atoms with E-state index in [1.54, 1.807) is 16.7 Å². The number of halogens is 1. The summed E-state index contributed by atoms with van der Waals surface area (Å²) in [7, 11) is 0. The lowest BCUT2D eigenvalue weighted by molar-refractivity contribution is 0.215. The molecule has 2 unspecified atom stereocenters. The van der Waals surface area contributed by atoms with Crippen LogP contribution in [0.3, 0.4) is 0 Å². The van der Waals surface area contributed by atoms with Crippen LogP contribution >= 0.6 is 12.4 Å². The van der Waals surface area contributed by atoms with E-state index in [4.69, 9.17) is 0 Å². The van der Waals surface area contributed by atoms with Crippen LogP contribution in [0.5, 0.6) is 0 Å². The molecular weight excluding hydrogens is 316 g/mol. The van der Waals surface area contributed by atoms with Crippen molar-refractivity contribution < 1.29 is 0 Å². The Morgan fingerprint density at radius 3 is 2.96 bits per heavy atom. The zero-order valence-electron chi connectivity index (χ0n) is 14.7. The summed E-state index contributed by atoms with van der Waals surface area (Å²) < 4.78 is 2.27. The number of aromatic nitrogens is 2. The fraction of sp³-hybridized carbons (Fsp3) is 0.571. The van der Waals surface area contributed by atoms with Crippen molar-refractivity contribution in [2.24, 2.45) is 5.92 Å². The molecule has 1 aromatic heterocycles. The van der Waals surface area contributed by atoms with Gasteiger partial charge in [-0.2, -0.15) is 0 Å². The van der Waals surface area contributed by atoms with E-state index in [9.17, 15) is 0 Å². The molecule has 0 N–H and O–H groups in total. The molecule has 2 aliphatic carbocycles. The quantitative estimate of drug-likeness (QED) is 0.716. The van der Waals surface area contributed by atoms with Crippen molar-refractivity contribution in [3.63, 3.8) is 0 Å². The second-order valence-electron chi connectivity index (χ2n) is 7.72. The molecule has 2 nitrogen and oxygen atoms in total. The Labute approximate surface area is 152 Å². The molecule has 0 radical (unpaired) electrons. The highest BCUT2D eigenvalue weighted by Crippen LogP contribution is 2.51. The van der Waals surface area contributed by atoms with Gasteiger partial charge in [0.2, 0.25) is 0 Å². The average molecular weight is 345 g/mol. The maximum Gasteiger partial charge on any atom is 0.0945 e. The number of benzene rings is 1. The van der Waals surface area contributed by atoms with Crippen molar-refractivity contribution in [3.05, 3.63) is 53.6 Å². The predicted molar refractivity (Wildman–Crippen MR) is 102 cm³/mol. The fourth-order valence-corrected chi connectivity index (χ4v) is 5.28. The van der Waals surface area contributed by atoms with Crippen molar-refractivity contribution >= 4 is 12.4 Å². The smallest absolute Gasteiger partial charge is 0.0945 e. The maximum atomic E-state index is 4.23. The molecule has 24 heavy (non-hydrogen) atoms. The first-order valence-corrected chi connectivity index (χ1v) is 9.38. The SMILES string of the molecule is CCCCC12CCCc3cccc(c31)CC(Cn1ccnc1)C2.Cl. The third kappa shape index (κ3) is 3.13. The molecule has 2 atom stereocenters. The number of aryl methyl sites for hydroxylation is 1. The molecule has 0 aliphatic heterocycles. The lowest BCUT2D eigenvalue weighted by atomic mass is 9.58. The van der Waals surface area contributed by atoms with Gasteiger partial charge in [-0.15, -0.1) is 12.4 Å². The summed E-state index contributed by atoms with van der Waals surface area (Å²) in [5.74, 6) is 0.752. The highest BCUT2D eigenvalue weighted by atomic mass is 35.5. The van der Waals surface area contributed by atoms with Gasteiger partial charge in [-0.05, 0) is 66.5 Å². The third-order valence-corrected chi connectivity index (χ3v) is 6.09. The first-order valence-electron chi connectivity index (χ1n) is 9.38. The lowest BCUT2D eigenvalue weighted by Crippen LogP contribution is -2.39. The highest BCUT2D eigenvalue weighted by Gasteiger charge is 2.42. The highest BCUT2D eigenvalue weighted by molar-refractivity contribution is 5.85.